The van der Waals surface area contributed by atoms with Gasteiger partial charge in [-0.2, -0.15) is 0 Å². The molecule has 0 spiro atoms. The first-order chi connectivity index (χ1) is 10.5. The van der Waals surface area contributed by atoms with Gasteiger partial charge in [0, 0.05) is 18.9 Å². The van der Waals surface area contributed by atoms with Crippen LogP contribution in [0, 0.1) is 13.8 Å². The molecule has 1 amide bonds. The Bertz CT molecular complexity index is 839. The number of aromatic nitrogens is 3. The second-order valence-corrected chi connectivity index (χ2v) is 5.54. The SMILES string of the molecule is Cc1ccc2nc(C)c(C(=O)NCc3ccc(Cl)nc3)n2c1. The fraction of sp³-hybridized carbons (Fsp3) is 0.188. The molecular weight excluding hydrogens is 300 g/mol. The van der Waals surface area contributed by atoms with Crippen LogP contribution in [-0.2, 0) is 6.54 Å². The smallest absolute Gasteiger partial charge is 0.270 e. The van der Waals surface area contributed by atoms with E-state index in [0.717, 1.165) is 16.8 Å². The number of carbonyl (C=O) groups excluding carboxylic acids is 1. The summed E-state index contributed by atoms with van der Waals surface area (Å²) in [4.78, 5) is 20.9. The van der Waals surface area contributed by atoms with E-state index in [0.29, 0.717) is 23.1 Å². The molecule has 0 atom stereocenters. The van der Waals surface area contributed by atoms with Gasteiger partial charge in [-0.1, -0.05) is 23.7 Å². The summed E-state index contributed by atoms with van der Waals surface area (Å²) in [5.74, 6) is -0.162. The summed E-state index contributed by atoms with van der Waals surface area (Å²) in [6.45, 7) is 4.21. The Morgan fingerprint density at radius 2 is 2.09 bits per heavy atom. The van der Waals surface area contributed by atoms with Gasteiger partial charge in [0.25, 0.3) is 5.91 Å². The first-order valence-electron chi connectivity index (χ1n) is 6.88. The number of hydrogen-bond acceptors (Lipinski definition) is 3. The molecule has 0 radical (unpaired) electrons. The van der Waals surface area contributed by atoms with E-state index in [1.165, 1.54) is 0 Å². The maximum Gasteiger partial charge on any atom is 0.270 e. The highest BCUT2D eigenvalue weighted by atomic mass is 35.5. The van der Waals surface area contributed by atoms with Crippen LogP contribution in [0.15, 0.2) is 36.7 Å². The lowest BCUT2D eigenvalue weighted by Crippen LogP contribution is -2.25. The highest BCUT2D eigenvalue weighted by Crippen LogP contribution is 2.13. The van der Waals surface area contributed by atoms with Gasteiger partial charge in [0.1, 0.15) is 16.5 Å². The molecule has 0 bridgehead atoms. The summed E-state index contributed by atoms with van der Waals surface area (Å²) in [7, 11) is 0. The third kappa shape index (κ3) is 2.80. The zero-order valence-electron chi connectivity index (χ0n) is 12.3. The fourth-order valence-corrected chi connectivity index (χ4v) is 2.43. The van der Waals surface area contributed by atoms with Gasteiger partial charge in [-0.15, -0.1) is 0 Å². The molecule has 0 unspecified atom stereocenters. The molecule has 0 aliphatic rings. The van der Waals surface area contributed by atoms with Crippen molar-refractivity contribution in [2.24, 2.45) is 0 Å². The number of amides is 1. The standard InChI is InChI=1S/C16H15ClN4O/c1-10-3-6-14-20-11(2)15(21(14)9-10)16(22)19-8-12-4-5-13(17)18-7-12/h3-7,9H,8H2,1-2H3,(H,19,22). The number of pyridine rings is 2. The number of imidazole rings is 1. The molecule has 112 valence electrons. The minimum Gasteiger partial charge on any atom is -0.347 e. The Hall–Kier alpha value is -2.40. The number of carbonyl (C=O) groups is 1. The predicted molar refractivity (Wildman–Crippen MR) is 85.1 cm³/mol. The van der Waals surface area contributed by atoms with E-state index in [-0.39, 0.29) is 5.91 Å². The number of aryl methyl sites for hydroxylation is 2. The average molecular weight is 315 g/mol. The van der Waals surface area contributed by atoms with Crippen molar-refractivity contribution in [2.45, 2.75) is 20.4 Å². The van der Waals surface area contributed by atoms with Crippen LogP contribution in [-0.4, -0.2) is 20.3 Å². The molecule has 0 fully saturated rings. The average Bonchev–Trinajstić information content (AvgIpc) is 2.81. The van der Waals surface area contributed by atoms with E-state index in [9.17, 15) is 4.79 Å². The summed E-state index contributed by atoms with van der Waals surface area (Å²) in [5.41, 5.74) is 3.99. The van der Waals surface area contributed by atoms with E-state index >= 15 is 0 Å². The topological polar surface area (TPSA) is 59.3 Å². The van der Waals surface area contributed by atoms with Crippen LogP contribution in [0.25, 0.3) is 5.65 Å². The minimum absolute atomic E-state index is 0.162. The molecule has 3 aromatic rings. The molecule has 0 aliphatic carbocycles. The maximum absolute atomic E-state index is 12.5. The van der Waals surface area contributed by atoms with Crippen molar-refractivity contribution in [1.82, 2.24) is 19.7 Å². The largest absolute Gasteiger partial charge is 0.347 e. The van der Waals surface area contributed by atoms with E-state index in [4.69, 9.17) is 11.6 Å². The Balaban J connectivity index is 1.84. The highest BCUT2D eigenvalue weighted by molar-refractivity contribution is 6.29. The molecule has 3 rings (SSSR count). The minimum atomic E-state index is -0.162. The molecule has 6 heteroatoms. The lowest BCUT2D eigenvalue weighted by Gasteiger charge is -2.06. The van der Waals surface area contributed by atoms with Gasteiger partial charge < -0.3 is 5.32 Å². The van der Waals surface area contributed by atoms with Crippen molar-refractivity contribution < 1.29 is 4.79 Å². The molecule has 0 saturated heterocycles. The van der Waals surface area contributed by atoms with Crippen LogP contribution < -0.4 is 5.32 Å². The second kappa shape index (κ2) is 5.77. The van der Waals surface area contributed by atoms with Crippen LogP contribution in [0.2, 0.25) is 5.15 Å². The molecule has 22 heavy (non-hydrogen) atoms. The molecule has 0 saturated carbocycles. The normalized spacial score (nSPS) is 10.9. The van der Waals surface area contributed by atoms with Crippen molar-refractivity contribution >= 4 is 23.2 Å². The summed E-state index contributed by atoms with van der Waals surface area (Å²) < 4.78 is 1.82. The summed E-state index contributed by atoms with van der Waals surface area (Å²) in [5, 5.41) is 3.32. The van der Waals surface area contributed by atoms with E-state index in [1.807, 2.05) is 42.6 Å². The van der Waals surface area contributed by atoms with Crippen molar-refractivity contribution in [1.29, 1.82) is 0 Å². The maximum atomic E-state index is 12.5. The Morgan fingerprint density at radius 3 is 2.82 bits per heavy atom. The van der Waals surface area contributed by atoms with E-state index in [2.05, 4.69) is 15.3 Å². The Morgan fingerprint density at radius 1 is 1.27 bits per heavy atom. The predicted octanol–water partition coefficient (Wildman–Crippen LogP) is 2.93. The number of hydrogen-bond donors (Lipinski definition) is 1. The molecular formula is C16H15ClN4O. The quantitative estimate of drug-likeness (QED) is 0.756. The van der Waals surface area contributed by atoms with Gasteiger partial charge in [-0.25, -0.2) is 9.97 Å². The monoisotopic (exact) mass is 314 g/mol. The second-order valence-electron chi connectivity index (χ2n) is 5.15. The number of nitrogens with zero attached hydrogens (tertiary/aromatic N) is 3. The van der Waals surface area contributed by atoms with Crippen molar-refractivity contribution in [3.8, 4) is 0 Å². The number of nitrogens with one attached hydrogen (secondary N) is 1. The molecule has 0 aliphatic heterocycles. The van der Waals surface area contributed by atoms with Gasteiger partial charge in [-0.3, -0.25) is 9.20 Å². The first kappa shape index (κ1) is 14.5. The van der Waals surface area contributed by atoms with Crippen LogP contribution in [0.3, 0.4) is 0 Å². The number of fused-ring (bicyclic) bond motifs is 1. The van der Waals surface area contributed by atoms with Crippen molar-refractivity contribution in [3.05, 3.63) is 64.3 Å². The summed E-state index contributed by atoms with van der Waals surface area (Å²) in [6, 6.07) is 7.41. The van der Waals surface area contributed by atoms with Crippen molar-refractivity contribution in [2.75, 3.05) is 0 Å². The van der Waals surface area contributed by atoms with Crippen molar-refractivity contribution in [3.63, 3.8) is 0 Å². The zero-order chi connectivity index (χ0) is 15.7. The summed E-state index contributed by atoms with van der Waals surface area (Å²) >= 11 is 5.75. The number of halogens is 1. The van der Waals surface area contributed by atoms with Crippen LogP contribution in [0.1, 0.15) is 27.3 Å². The lowest BCUT2D eigenvalue weighted by atomic mass is 10.2. The van der Waals surface area contributed by atoms with Gasteiger partial charge in [0.2, 0.25) is 0 Å². The van der Waals surface area contributed by atoms with Crippen LogP contribution >= 0.6 is 11.6 Å². The fourth-order valence-electron chi connectivity index (χ4n) is 2.32. The molecule has 0 aromatic carbocycles. The molecule has 1 N–H and O–H groups in total. The third-order valence-electron chi connectivity index (χ3n) is 3.40. The van der Waals surface area contributed by atoms with Crippen LogP contribution in [0.4, 0.5) is 0 Å². The summed E-state index contributed by atoms with van der Waals surface area (Å²) in [6.07, 6.45) is 3.56. The van der Waals surface area contributed by atoms with E-state index in [1.54, 1.807) is 12.3 Å². The zero-order valence-corrected chi connectivity index (χ0v) is 13.1. The molecule has 3 aromatic heterocycles. The Kier molecular flexibility index (Phi) is 3.81. The highest BCUT2D eigenvalue weighted by Gasteiger charge is 2.16. The van der Waals surface area contributed by atoms with Gasteiger partial charge in [-0.05, 0) is 37.1 Å². The van der Waals surface area contributed by atoms with Gasteiger partial charge in [0.05, 0.1) is 5.69 Å². The number of rotatable bonds is 3. The first-order valence-corrected chi connectivity index (χ1v) is 7.26. The lowest BCUT2D eigenvalue weighted by molar-refractivity contribution is 0.0944. The van der Waals surface area contributed by atoms with Gasteiger partial charge in [0.15, 0.2) is 0 Å². The Labute approximate surface area is 133 Å². The molecule has 3 heterocycles. The van der Waals surface area contributed by atoms with Crippen LogP contribution in [0.5, 0.6) is 0 Å². The molecule has 5 nitrogen and oxygen atoms in total. The van der Waals surface area contributed by atoms with Gasteiger partial charge >= 0.3 is 0 Å². The third-order valence-corrected chi connectivity index (χ3v) is 3.62. The van der Waals surface area contributed by atoms with E-state index < -0.39 is 0 Å².